The summed E-state index contributed by atoms with van der Waals surface area (Å²) >= 11 is 0. The van der Waals surface area contributed by atoms with Gasteiger partial charge >= 0.3 is 13.0 Å². The summed E-state index contributed by atoms with van der Waals surface area (Å²) in [7, 11) is 0.737. The van der Waals surface area contributed by atoms with Crippen LogP contribution in [-0.2, 0) is 14.3 Å². The summed E-state index contributed by atoms with van der Waals surface area (Å²) in [5.74, 6) is -0.483. The molecule has 1 aliphatic heterocycles. The maximum Gasteiger partial charge on any atom is 0.466 e. The van der Waals surface area contributed by atoms with Crippen molar-refractivity contribution < 1.29 is 33.6 Å². The number of ether oxygens (including phenoxy) is 2. The number of hydrogen-bond acceptors (Lipinski definition) is 8. The molecule has 40 heavy (non-hydrogen) atoms. The third-order valence-electron chi connectivity index (χ3n) is 9.96. The number of esters is 1. The summed E-state index contributed by atoms with van der Waals surface area (Å²) in [4.78, 5) is 26.5. The van der Waals surface area contributed by atoms with E-state index >= 15 is 0 Å². The molecule has 0 amide bonds. The highest BCUT2D eigenvalue weighted by Gasteiger charge is 2.57. The Morgan fingerprint density at radius 3 is 2.75 bits per heavy atom. The maximum absolute atomic E-state index is 14.9. The minimum absolute atomic E-state index is 0.0444. The van der Waals surface area contributed by atoms with Crippen molar-refractivity contribution in [3.8, 4) is 5.75 Å². The molecule has 0 radical (unpaired) electrons. The second-order valence-electron chi connectivity index (χ2n) is 12.8. The Labute approximate surface area is 236 Å². The molecule has 1 heterocycles. The minimum atomic E-state index is -1.60. The number of fused-ring (bicyclic) bond motifs is 3. The van der Waals surface area contributed by atoms with E-state index in [9.17, 15) is 24.1 Å². The average molecular weight is 556 g/mol. The Morgan fingerprint density at radius 1 is 1.35 bits per heavy atom. The predicted octanol–water partition coefficient (Wildman–Crippen LogP) is 3.42. The number of rotatable bonds is 8. The smallest absolute Gasteiger partial charge is 0.466 e. The summed E-state index contributed by atoms with van der Waals surface area (Å²) in [6.45, 7) is 11.0. The summed E-state index contributed by atoms with van der Waals surface area (Å²) in [5.41, 5.74) is -0.497. The third kappa shape index (κ3) is 5.84. The van der Waals surface area contributed by atoms with E-state index in [0.29, 0.717) is 36.9 Å². The number of nitrogens with zero attached hydrogens (tertiary/aromatic N) is 2. The van der Waals surface area contributed by atoms with Crippen LogP contribution >= 0.6 is 0 Å². The molecule has 0 unspecified atom stereocenters. The lowest BCUT2D eigenvalue weighted by Gasteiger charge is -2.57. The Kier molecular flexibility index (Phi) is 8.53. The SMILES string of the molecule is C=C[C@]1(C)C[C@@H](OC(=O)COc2ccc3c(c2)B(O)N(C)N=C3)[C@@]2(C)C[C@](C[C@H](F)C(C)=O)(CC[C@H]2C)C[C@@H]1O. The second-order valence-corrected chi connectivity index (χ2v) is 12.8. The van der Waals surface area contributed by atoms with E-state index in [1.807, 2.05) is 6.92 Å². The molecule has 0 saturated heterocycles. The molecule has 2 bridgehead atoms. The van der Waals surface area contributed by atoms with Gasteiger partial charge in [0.25, 0.3) is 0 Å². The van der Waals surface area contributed by atoms with Crippen molar-refractivity contribution in [3.63, 3.8) is 0 Å². The largest absolute Gasteiger partial charge is 0.482 e. The molecule has 2 fully saturated rings. The molecule has 0 aromatic heterocycles. The van der Waals surface area contributed by atoms with E-state index in [4.69, 9.17) is 9.47 Å². The first-order valence-corrected chi connectivity index (χ1v) is 14.1. The van der Waals surface area contributed by atoms with Crippen LogP contribution < -0.4 is 10.2 Å². The zero-order valence-corrected chi connectivity index (χ0v) is 24.2. The van der Waals surface area contributed by atoms with Gasteiger partial charge in [-0.3, -0.25) is 4.79 Å². The minimum Gasteiger partial charge on any atom is -0.482 e. The standard InChI is InChI=1S/C30H42BFN2O6/c1-7-28(4)15-26(29(5)18-30(14-25(28)36,11-10-19(29)2)13-24(32)20(3)35)40-27(37)17-39-22-9-8-21-16-33-34(6)31(38)23(21)12-22/h7-9,12,16,19,24-26,36,38H,1,10-11,13-15,17-18H2,2-6H3/t19-,24+,25+,26-,28-,29+,30+/m1/s1. The fourth-order valence-corrected chi connectivity index (χ4v) is 6.85. The van der Waals surface area contributed by atoms with E-state index in [1.165, 1.54) is 11.8 Å². The van der Waals surface area contributed by atoms with Crippen molar-refractivity contribution in [1.29, 1.82) is 0 Å². The number of Topliss-reactive ketones (excluding diaryl/α,β-unsaturated/α-hetero) is 1. The lowest BCUT2D eigenvalue weighted by atomic mass is 9.49. The lowest BCUT2D eigenvalue weighted by Crippen LogP contribution is -2.55. The molecule has 218 valence electrons. The van der Waals surface area contributed by atoms with Crippen LogP contribution in [0.2, 0.25) is 0 Å². The molecule has 3 aliphatic rings. The topological polar surface area (TPSA) is 109 Å². The highest BCUT2D eigenvalue weighted by molar-refractivity contribution is 6.65. The van der Waals surface area contributed by atoms with E-state index in [2.05, 4.69) is 25.5 Å². The first-order chi connectivity index (χ1) is 18.7. The number of carbonyl (C=O) groups excluding carboxylic acids is 2. The Balaban J connectivity index is 1.56. The molecule has 1 aromatic carbocycles. The number of hydrogen-bond donors (Lipinski definition) is 2. The van der Waals surface area contributed by atoms with Crippen LogP contribution in [0.15, 0.2) is 36.0 Å². The first kappa shape index (κ1) is 30.2. The summed E-state index contributed by atoms with van der Waals surface area (Å²) in [6, 6.07) is 5.15. The molecule has 4 rings (SSSR count). The van der Waals surface area contributed by atoms with Gasteiger partial charge in [0.15, 0.2) is 18.6 Å². The van der Waals surface area contributed by atoms with Crippen LogP contribution in [0.1, 0.15) is 71.8 Å². The molecular formula is C30H42BFN2O6. The Morgan fingerprint density at radius 2 is 2.08 bits per heavy atom. The van der Waals surface area contributed by atoms with Gasteiger partial charge in [0, 0.05) is 17.9 Å². The normalized spacial score (nSPS) is 34.2. The lowest BCUT2D eigenvalue weighted by molar-refractivity contribution is -0.182. The molecular weight excluding hydrogens is 514 g/mol. The molecule has 2 N–H and O–H groups in total. The van der Waals surface area contributed by atoms with Crippen LogP contribution in [0.25, 0.3) is 0 Å². The summed E-state index contributed by atoms with van der Waals surface area (Å²) < 4.78 is 26.8. The average Bonchev–Trinajstić information content (AvgIpc) is 2.91. The van der Waals surface area contributed by atoms with Crippen LogP contribution in [0.3, 0.4) is 0 Å². The first-order valence-electron chi connectivity index (χ1n) is 14.1. The van der Waals surface area contributed by atoms with E-state index in [0.717, 1.165) is 12.0 Å². The van der Waals surface area contributed by atoms with E-state index in [-0.39, 0.29) is 18.9 Å². The molecule has 7 atom stereocenters. The predicted molar refractivity (Wildman–Crippen MR) is 152 cm³/mol. The van der Waals surface area contributed by atoms with Gasteiger partial charge in [0.05, 0.1) is 12.3 Å². The van der Waals surface area contributed by atoms with Gasteiger partial charge in [-0.1, -0.05) is 32.9 Å². The monoisotopic (exact) mass is 556 g/mol. The molecule has 0 spiro atoms. The Bertz CT molecular complexity index is 1180. The van der Waals surface area contributed by atoms with Crippen LogP contribution in [0.4, 0.5) is 4.39 Å². The van der Waals surface area contributed by atoms with Gasteiger partial charge in [-0.25, -0.2) is 9.18 Å². The third-order valence-corrected chi connectivity index (χ3v) is 9.96. The Hall–Kier alpha value is -2.72. The number of carbonyl (C=O) groups is 2. The number of aliphatic hydroxyl groups excluding tert-OH is 1. The van der Waals surface area contributed by atoms with Gasteiger partial charge < -0.3 is 24.5 Å². The van der Waals surface area contributed by atoms with Crippen molar-refractivity contribution in [3.05, 3.63) is 36.4 Å². The number of benzene rings is 1. The van der Waals surface area contributed by atoms with Gasteiger partial charge in [-0.15, -0.1) is 6.58 Å². The molecule has 2 saturated carbocycles. The zero-order valence-electron chi connectivity index (χ0n) is 24.2. The number of alkyl halides is 1. The highest BCUT2D eigenvalue weighted by Crippen LogP contribution is 2.60. The van der Waals surface area contributed by atoms with Gasteiger partial charge in [0.1, 0.15) is 11.9 Å². The number of hydrazone groups is 1. The molecule has 1 aromatic rings. The van der Waals surface area contributed by atoms with Gasteiger partial charge in [-0.05, 0) is 79.9 Å². The van der Waals surface area contributed by atoms with Crippen molar-refractivity contribution >= 4 is 30.5 Å². The van der Waals surface area contributed by atoms with E-state index in [1.54, 1.807) is 37.5 Å². The van der Waals surface area contributed by atoms with Crippen molar-refractivity contribution in [2.24, 2.45) is 27.3 Å². The number of ketones is 1. The summed E-state index contributed by atoms with van der Waals surface area (Å²) in [6.07, 6.45) is 3.11. The van der Waals surface area contributed by atoms with E-state index < -0.39 is 53.4 Å². The number of aliphatic hydroxyl groups is 1. The van der Waals surface area contributed by atoms with Crippen LogP contribution in [-0.4, -0.2) is 72.1 Å². The maximum atomic E-state index is 14.9. The highest BCUT2D eigenvalue weighted by atomic mass is 19.1. The van der Waals surface area contributed by atoms with Crippen molar-refractivity contribution in [1.82, 2.24) is 4.92 Å². The fourth-order valence-electron chi connectivity index (χ4n) is 6.85. The van der Waals surface area contributed by atoms with Gasteiger partial charge in [0.2, 0.25) is 0 Å². The molecule has 8 nitrogen and oxygen atoms in total. The molecule has 2 aliphatic carbocycles. The number of halogens is 1. The van der Waals surface area contributed by atoms with Crippen molar-refractivity contribution in [2.45, 2.75) is 84.6 Å². The van der Waals surface area contributed by atoms with Crippen LogP contribution in [0, 0.1) is 22.2 Å². The van der Waals surface area contributed by atoms with Crippen molar-refractivity contribution in [2.75, 3.05) is 13.7 Å². The van der Waals surface area contributed by atoms with Gasteiger partial charge in [-0.2, -0.15) is 5.10 Å². The zero-order chi connectivity index (χ0) is 29.5. The quantitative estimate of drug-likeness (QED) is 0.287. The fraction of sp³-hybridized carbons (Fsp3) is 0.633. The summed E-state index contributed by atoms with van der Waals surface area (Å²) in [5, 5.41) is 25.9. The molecule has 10 heteroatoms. The van der Waals surface area contributed by atoms with Crippen LogP contribution in [0.5, 0.6) is 5.75 Å². The second kappa shape index (κ2) is 11.3.